The van der Waals surface area contributed by atoms with Crippen LogP contribution in [0.2, 0.25) is 0 Å². The smallest absolute Gasteiger partial charge is 0.303 e. The molecule has 0 unspecified atom stereocenters. The van der Waals surface area contributed by atoms with Gasteiger partial charge in [0.2, 0.25) is 5.91 Å². The van der Waals surface area contributed by atoms with Crippen molar-refractivity contribution in [2.45, 2.75) is 45.6 Å². The van der Waals surface area contributed by atoms with Crippen LogP contribution in [0.15, 0.2) is 59.6 Å². The van der Waals surface area contributed by atoms with Crippen LogP contribution in [0, 0.1) is 6.92 Å². The van der Waals surface area contributed by atoms with Gasteiger partial charge in [-0.25, -0.2) is 19.3 Å². The summed E-state index contributed by atoms with van der Waals surface area (Å²) in [6.07, 6.45) is 1.64. The number of alkyl halides is 1. The van der Waals surface area contributed by atoms with Gasteiger partial charge in [-0.15, -0.1) is 0 Å². The first kappa shape index (κ1) is 29.0. The van der Waals surface area contributed by atoms with Crippen LogP contribution < -0.4 is 5.32 Å². The summed E-state index contributed by atoms with van der Waals surface area (Å²) in [5.74, 6) is -1.55. The van der Waals surface area contributed by atoms with Crippen LogP contribution in [0.25, 0.3) is 22.0 Å². The van der Waals surface area contributed by atoms with Gasteiger partial charge >= 0.3 is 5.97 Å². The van der Waals surface area contributed by atoms with Gasteiger partial charge in [0.05, 0.1) is 6.54 Å². The summed E-state index contributed by atoms with van der Waals surface area (Å²) in [6, 6.07) is 8.82. The van der Waals surface area contributed by atoms with Gasteiger partial charge in [0.25, 0.3) is 5.91 Å². The molecule has 4 aromatic rings. The molecule has 0 aliphatic carbocycles. The zero-order valence-electron chi connectivity index (χ0n) is 22.9. The van der Waals surface area contributed by atoms with Gasteiger partial charge in [0.1, 0.15) is 22.8 Å². The number of anilines is 1. The number of carbonyl (C=O) groups excluding carboxylic acids is 4. The molecule has 0 spiro atoms. The number of esters is 1. The molecule has 1 aliphatic rings. The first-order valence-electron chi connectivity index (χ1n) is 13.0. The molecule has 1 fully saturated rings. The highest BCUT2D eigenvalue weighted by molar-refractivity contribution is 9.10. The van der Waals surface area contributed by atoms with Crippen LogP contribution in [0.1, 0.15) is 30.0 Å². The maximum absolute atomic E-state index is 15.2. The molecular formula is C29H26BrFN6O5. The highest BCUT2D eigenvalue weighted by Crippen LogP contribution is 2.30. The number of fused-ring (bicyclic) bond motifs is 1. The minimum atomic E-state index is -1.79. The Labute approximate surface area is 248 Å². The molecule has 2 amide bonds. The number of likely N-dealkylation sites (tertiary alicyclic amines) is 1. The fourth-order valence-corrected chi connectivity index (χ4v) is 5.35. The number of aryl methyl sites for hydroxylation is 1. The Balaban J connectivity index is 1.46. The fourth-order valence-electron chi connectivity index (χ4n) is 5.00. The number of Topliss-reactive ketones (excluding diaryl/α,β-unsaturated/α-hetero) is 1. The number of amides is 2. The lowest BCUT2D eigenvalue weighted by atomic mass is 10.0. The number of halogens is 2. The summed E-state index contributed by atoms with van der Waals surface area (Å²) >= 11 is 3.22. The number of rotatable bonds is 7. The Kier molecular flexibility index (Phi) is 8.12. The average Bonchev–Trinajstić information content (AvgIpc) is 3.46. The summed E-state index contributed by atoms with van der Waals surface area (Å²) in [5, 5.41) is 3.19. The number of nitrogens with one attached hydrogen (secondary N) is 1. The topological polar surface area (TPSA) is 136 Å². The van der Waals surface area contributed by atoms with E-state index < -0.39 is 42.6 Å². The Morgan fingerprint density at radius 1 is 1.10 bits per heavy atom. The predicted octanol–water partition coefficient (Wildman–Crippen LogP) is 3.89. The molecule has 1 aliphatic heterocycles. The van der Waals surface area contributed by atoms with Gasteiger partial charge in [-0.05, 0) is 59.6 Å². The van der Waals surface area contributed by atoms with Gasteiger partial charge in [0, 0.05) is 47.5 Å². The summed E-state index contributed by atoms with van der Waals surface area (Å²) < 4.78 is 22.4. The molecule has 3 aromatic heterocycles. The van der Waals surface area contributed by atoms with Crippen LogP contribution in [0.5, 0.6) is 0 Å². The van der Waals surface area contributed by atoms with Crippen LogP contribution in [0.3, 0.4) is 0 Å². The highest BCUT2D eigenvalue weighted by Gasteiger charge is 2.50. The van der Waals surface area contributed by atoms with Crippen molar-refractivity contribution in [2.24, 2.45) is 0 Å². The van der Waals surface area contributed by atoms with E-state index in [1.807, 2.05) is 12.1 Å². The van der Waals surface area contributed by atoms with E-state index in [-0.39, 0.29) is 18.1 Å². The summed E-state index contributed by atoms with van der Waals surface area (Å²) in [5.41, 5.74) is 2.54. The van der Waals surface area contributed by atoms with Crippen LogP contribution in [-0.4, -0.2) is 72.8 Å². The van der Waals surface area contributed by atoms with Crippen LogP contribution >= 0.6 is 15.9 Å². The number of benzene rings is 1. The van der Waals surface area contributed by atoms with Crippen molar-refractivity contribution < 1.29 is 28.3 Å². The second kappa shape index (κ2) is 11.8. The first-order chi connectivity index (χ1) is 20.0. The van der Waals surface area contributed by atoms with E-state index >= 15 is 4.39 Å². The number of aromatic nitrogens is 4. The lowest BCUT2D eigenvalue weighted by molar-refractivity contribution is -0.153. The average molecular weight is 637 g/mol. The molecular weight excluding hydrogens is 611 g/mol. The monoisotopic (exact) mass is 636 g/mol. The Morgan fingerprint density at radius 3 is 2.50 bits per heavy atom. The molecule has 216 valence electrons. The lowest BCUT2D eigenvalue weighted by Crippen LogP contribution is -2.50. The predicted molar refractivity (Wildman–Crippen MR) is 154 cm³/mol. The van der Waals surface area contributed by atoms with Gasteiger partial charge in [-0.3, -0.25) is 19.2 Å². The zero-order valence-corrected chi connectivity index (χ0v) is 24.5. The number of pyridine rings is 1. The molecule has 42 heavy (non-hydrogen) atoms. The summed E-state index contributed by atoms with van der Waals surface area (Å²) in [7, 11) is 0. The molecule has 1 N–H and O–H groups in total. The van der Waals surface area contributed by atoms with Crippen molar-refractivity contribution in [1.29, 1.82) is 0 Å². The number of carbonyl (C=O) groups is 4. The van der Waals surface area contributed by atoms with Crippen molar-refractivity contribution in [2.75, 3.05) is 11.9 Å². The van der Waals surface area contributed by atoms with Crippen LogP contribution in [0.4, 0.5) is 10.2 Å². The Morgan fingerprint density at radius 2 is 1.83 bits per heavy atom. The molecule has 0 saturated carbocycles. The Hall–Kier alpha value is -4.52. The first-order valence-corrected chi connectivity index (χ1v) is 13.8. The van der Waals surface area contributed by atoms with E-state index in [0.29, 0.717) is 26.9 Å². The normalized spacial score (nSPS) is 18.2. The van der Waals surface area contributed by atoms with Crippen molar-refractivity contribution in [3.8, 4) is 11.1 Å². The molecule has 13 heteroatoms. The number of nitrogens with zero attached hydrogens (tertiary/aromatic N) is 5. The van der Waals surface area contributed by atoms with Crippen LogP contribution in [-0.2, 0) is 25.7 Å². The molecule has 0 radical (unpaired) electrons. The Bertz CT molecular complexity index is 1710. The van der Waals surface area contributed by atoms with Gasteiger partial charge in [-0.2, -0.15) is 0 Å². The minimum Gasteiger partial charge on any atom is -0.457 e. The summed E-state index contributed by atoms with van der Waals surface area (Å²) in [4.78, 5) is 65.0. The number of hydrogen-bond donors (Lipinski definition) is 1. The van der Waals surface area contributed by atoms with E-state index in [4.69, 9.17) is 4.74 Å². The molecule has 11 nitrogen and oxygen atoms in total. The number of ketones is 1. The maximum atomic E-state index is 15.2. The SMILES string of the molecule is CC(=O)O[C@H]1[C@@H](C(=O)Nc2cccc(Br)n2)N(C(=O)Cn2cc(C(C)=O)c3cc(-c4cnc(C)nc4)ccc32)C[C@@H]1F. The fraction of sp³-hybridized carbons (Fsp3) is 0.276. The summed E-state index contributed by atoms with van der Waals surface area (Å²) in [6.45, 7) is 3.56. The molecule has 1 saturated heterocycles. The van der Waals surface area contributed by atoms with Gasteiger partial charge in [0.15, 0.2) is 24.1 Å². The van der Waals surface area contributed by atoms with Crippen molar-refractivity contribution in [1.82, 2.24) is 24.4 Å². The third-order valence-electron chi connectivity index (χ3n) is 6.91. The van der Waals surface area contributed by atoms with E-state index in [9.17, 15) is 19.2 Å². The molecule has 4 heterocycles. The lowest BCUT2D eigenvalue weighted by Gasteiger charge is -2.26. The maximum Gasteiger partial charge on any atom is 0.303 e. The second-order valence-electron chi connectivity index (χ2n) is 9.89. The second-order valence-corrected chi connectivity index (χ2v) is 10.7. The third-order valence-corrected chi connectivity index (χ3v) is 7.35. The minimum absolute atomic E-state index is 0.169. The quantitative estimate of drug-likeness (QED) is 0.183. The van der Waals surface area contributed by atoms with Crippen molar-refractivity contribution >= 4 is 56.2 Å². The van der Waals surface area contributed by atoms with Gasteiger partial charge < -0.3 is 19.5 Å². The van der Waals surface area contributed by atoms with E-state index in [1.54, 1.807) is 48.3 Å². The standard InChI is InChI=1S/C29H26BrFN6O5/c1-15(38)21-12-36(23-8-7-18(9-20(21)23)19-10-32-16(2)33-11-19)14-26(40)37-13-22(31)28(42-17(3)39)27(37)29(41)35-25-6-4-5-24(30)34-25/h4-12,22,27-28H,13-14H2,1-3H3,(H,34,35,41)/t22-,27-,28+/m0/s1. The zero-order chi connectivity index (χ0) is 30.1. The highest BCUT2D eigenvalue weighted by atomic mass is 79.9. The molecule has 5 rings (SSSR count). The molecule has 3 atom stereocenters. The van der Waals surface area contributed by atoms with E-state index in [1.165, 1.54) is 13.0 Å². The van der Waals surface area contributed by atoms with Crippen molar-refractivity contribution in [3.05, 3.63) is 71.0 Å². The van der Waals surface area contributed by atoms with Gasteiger partial charge in [-0.1, -0.05) is 12.1 Å². The van der Waals surface area contributed by atoms with Crippen molar-refractivity contribution in [3.63, 3.8) is 0 Å². The van der Waals surface area contributed by atoms with E-state index in [2.05, 4.69) is 36.2 Å². The third kappa shape index (κ3) is 5.91. The largest absolute Gasteiger partial charge is 0.457 e. The van der Waals surface area contributed by atoms with E-state index in [0.717, 1.165) is 23.0 Å². The number of ether oxygens (including phenoxy) is 1. The molecule has 1 aromatic carbocycles. The number of hydrogen-bond acceptors (Lipinski definition) is 8. The molecule has 0 bridgehead atoms.